The van der Waals surface area contributed by atoms with Crippen molar-refractivity contribution in [3.05, 3.63) is 83.0 Å². The van der Waals surface area contributed by atoms with E-state index < -0.39 is 5.85 Å². The molecular weight excluding hydrogens is 399 g/mol. The van der Waals surface area contributed by atoms with Gasteiger partial charge >= 0.3 is 0 Å². The summed E-state index contributed by atoms with van der Waals surface area (Å²) in [5, 5.41) is 4.15. The Kier molecular flexibility index (Phi) is 4.06. The lowest BCUT2D eigenvalue weighted by Gasteiger charge is -2.36. The summed E-state index contributed by atoms with van der Waals surface area (Å²) in [6.07, 6.45) is 6.01. The minimum absolute atomic E-state index is 0.222. The number of likely N-dealkylation sites (tertiary alicyclic amines) is 1. The van der Waals surface area contributed by atoms with Gasteiger partial charge in [0.1, 0.15) is 6.61 Å². The number of rotatable bonds is 4. The topological polar surface area (TPSA) is 31.6 Å². The molecule has 0 spiro atoms. The minimum atomic E-state index is -1.43. The zero-order chi connectivity index (χ0) is 21.3. The highest BCUT2D eigenvalue weighted by atomic mass is 19.2. The summed E-state index contributed by atoms with van der Waals surface area (Å²) in [6.45, 7) is 2.48. The average Bonchev–Trinajstić information content (AvgIpc) is 3.22. The first kappa shape index (κ1) is 18.8. The van der Waals surface area contributed by atoms with E-state index in [0.717, 1.165) is 30.6 Å². The van der Waals surface area contributed by atoms with Gasteiger partial charge in [-0.3, -0.25) is 4.90 Å². The number of ether oxygens (including phenoxy) is 1. The van der Waals surface area contributed by atoms with E-state index in [1.165, 1.54) is 45.7 Å². The second-order valence-corrected chi connectivity index (χ2v) is 9.87. The predicted molar refractivity (Wildman–Crippen MR) is 126 cm³/mol. The van der Waals surface area contributed by atoms with Crippen LogP contribution in [0.15, 0.2) is 60.8 Å². The molecule has 7 rings (SSSR count). The van der Waals surface area contributed by atoms with Crippen molar-refractivity contribution < 1.29 is 9.13 Å². The van der Waals surface area contributed by atoms with E-state index in [-0.39, 0.29) is 6.61 Å². The van der Waals surface area contributed by atoms with Crippen LogP contribution < -0.4 is 0 Å². The van der Waals surface area contributed by atoms with Crippen LogP contribution in [-0.4, -0.2) is 35.4 Å². The van der Waals surface area contributed by atoms with E-state index in [1.54, 1.807) is 0 Å². The summed E-state index contributed by atoms with van der Waals surface area (Å²) in [5.74, 6) is -0.857. The molecule has 2 atom stereocenters. The van der Waals surface area contributed by atoms with Crippen LogP contribution in [0.3, 0.4) is 0 Å². The Morgan fingerprint density at radius 2 is 1.84 bits per heavy atom. The zero-order valence-electron chi connectivity index (χ0n) is 18.1. The molecule has 1 aliphatic carbocycles. The molecule has 2 unspecified atom stereocenters. The molecule has 2 saturated heterocycles. The molecule has 3 aliphatic rings. The fraction of sp³-hybridized carbons (Fsp3) is 0.357. The molecule has 0 saturated carbocycles. The van der Waals surface area contributed by atoms with Crippen LogP contribution in [0.5, 0.6) is 0 Å². The molecule has 2 aliphatic heterocycles. The van der Waals surface area contributed by atoms with E-state index >= 15 is 0 Å². The highest BCUT2D eigenvalue weighted by Crippen LogP contribution is 2.43. The van der Waals surface area contributed by atoms with E-state index in [2.05, 4.69) is 70.7 Å². The van der Waals surface area contributed by atoms with Crippen molar-refractivity contribution in [2.45, 2.75) is 43.5 Å². The van der Waals surface area contributed by atoms with Crippen LogP contribution in [0.1, 0.15) is 47.1 Å². The van der Waals surface area contributed by atoms with Crippen LogP contribution >= 0.6 is 0 Å². The summed E-state index contributed by atoms with van der Waals surface area (Å²) in [6, 6.07) is 20.4. The van der Waals surface area contributed by atoms with Crippen molar-refractivity contribution in [2.75, 3.05) is 19.7 Å². The van der Waals surface area contributed by atoms with Crippen molar-refractivity contribution in [3.63, 3.8) is 0 Å². The molecule has 3 aromatic carbocycles. The fourth-order valence-electron chi connectivity index (χ4n) is 6.19. The van der Waals surface area contributed by atoms with Gasteiger partial charge in [0.05, 0.1) is 0 Å². The van der Waals surface area contributed by atoms with Crippen LogP contribution in [0.4, 0.5) is 4.39 Å². The van der Waals surface area contributed by atoms with Gasteiger partial charge in [-0.05, 0) is 77.4 Å². The lowest BCUT2D eigenvalue weighted by molar-refractivity contribution is 0.141. The van der Waals surface area contributed by atoms with Crippen LogP contribution in [0, 0.1) is 0 Å². The molecule has 4 aromatic rings. The molecule has 2 fully saturated rings. The largest absolute Gasteiger partial charge is 0.361 e. The van der Waals surface area contributed by atoms with Crippen LogP contribution in [0.2, 0.25) is 0 Å². The van der Waals surface area contributed by atoms with Gasteiger partial charge in [-0.25, -0.2) is 4.39 Å². The van der Waals surface area contributed by atoms with Gasteiger partial charge in [0, 0.05) is 29.6 Å². The van der Waals surface area contributed by atoms with Crippen molar-refractivity contribution in [2.24, 2.45) is 0 Å². The van der Waals surface area contributed by atoms with Crippen molar-refractivity contribution in [3.8, 4) is 0 Å². The number of alkyl halides is 1. The van der Waals surface area contributed by atoms with Gasteiger partial charge < -0.3 is 9.72 Å². The van der Waals surface area contributed by atoms with Crippen LogP contribution in [0.25, 0.3) is 21.7 Å². The number of piperidine rings is 1. The second kappa shape index (κ2) is 6.90. The first-order chi connectivity index (χ1) is 15.7. The Morgan fingerprint density at radius 1 is 1.03 bits per heavy atom. The molecule has 0 radical (unpaired) electrons. The minimum Gasteiger partial charge on any atom is -0.361 e. The number of epoxide rings is 1. The molecule has 162 valence electrons. The number of fused-ring (bicyclic) bond motifs is 1. The summed E-state index contributed by atoms with van der Waals surface area (Å²) in [7, 11) is 0. The number of nitrogens with zero attached hydrogens (tertiary/aromatic N) is 1. The van der Waals surface area contributed by atoms with Crippen molar-refractivity contribution in [1.29, 1.82) is 0 Å². The highest BCUT2D eigenvalue weighted by Gasteiger charge is 2.45. The Bertz CT molecular complexity index is 1320. The maximum Gasteiger partial charge on any atom is 0.237 e. The SMILES string of the molecule is FC1(Cc2ccc3c(C4CCN(C5Cc6cccc7cccc5c67)CC4)c[nH]c3c2)CO1. The summed E-state index contributed by atoms with van der Waals surface area (Å²) in [5.41, 5.74) is 6.55. The molecule has 3 nitrogen and oxygen atoms in total. The highest BCUT2D eigenvalue weighted by molar-refractivity contribution is 5.91. The van der Waals surface area contributed by atoms with Gasteiger partial charge in [0.2, 0.25) is 5.85 Å². The van der Waals surface area contributed by atoms with Gasteiger partial charge in [0.15, 0.2) is 0 Å². The van der Waals surface area contributed by atoms with E-state index in [0.29, 0.717) is 18.4 Å². The molecule has 3 heterocycles. The first-order valence-electron chi connectivity index (χ1n) is 11.8. The smallest absolute Gasteiger partial charge is 0.237 e. The molecule has 4 heteroatoms. The summed E-state index contributed by atoms with van der Waals surface area (Å²) < 4.78 is 18.9. The Morgan fingerprint density at radius 3 is 2.66 bits per heavy atom. The number of H-pyrrole nitrogens is 1. The number of aromatic nitrogens is 1. The van der Waals surface area contributed by atoms with Gasteiger partial charge in [0.25, 0.3) is 0 Å². The lowest BCUT2D eigenvalue weighted by Crippen LogP contribution is -2.36. The normalized spacial score (nSPS) is 25.7. The third kappa shape index (κ3) is 3.01. The molecule has 1 N–H and O–H groups in total. The van der Waals surface area contributed by atoms with Crippen LogP contribution in [-0.2, 0) is 17.6 Å². The maximum absolute atomic E-state index is 14.0. The van der Waals surface area contributed by atoms with Gasteiger partial charge in [-0.2, -0.15) is 0 Å². The Hall–Kier alpha value is -2.69. The second-order valence-electron chi connectivity index (χ2n) is 9.87. The average molecular weight is 427 g/mol. The molecule has 0 amide bonds. The monoisotopic (exact) mass is 426 g/mol. The van der Waals surface area contributed by atoms with Gasteiger partial charge in [-0.1, -0.05) is 48.5 Å². The van der Waals surface area contributed by atoms with E-state index in [9.17, 15) is 4.39 Å². The lowest BCUT2D eigenvalue weighted by atomic mass is 9.88. The third-order valence-corrected chi connectivity index (χ3v) is 7.91. The predicted octanol–water partition coefficient (Wildman–Crippen LogP) is 6.04. The number of benzene rings is 3. The van der Waals surface area contributed by atoms with Crippen molar-refractivity contribution in [1.82, 2.24) is 9.88 Å². The van der Waals surface area contributed by atoms with E-state index in [1.807, 2.05) is 0 Å². The molecule has 1 aromatic heterocycles. The third-order valence-electron chi connectivity index (χ3n) is 7.91. The molecule has 0 bridgehead atoms. The Labute approximate surface area is 187 Å². The number of aromatic amines is 1. The fourth-order valence-corrected chi connectivity index (χ4v) is 6.19. The first-order valence-corrected chi connectivity index (χ1v) is 11.8. The number of hydrogen-bond acceptors (Lipinski definition) is 2. The standard InChI is InChI=1S/C28H27FN2O/c29-28(17-32-28)15-18-7-8-22-24(16-30-25(22)13-18)19-9-11-31(12-10-19)26-14-21-5-1-3-20-4-2-6-23(26)27(20)21/h1-8,13,16,19,26,30H,9-12,14-15,17H2. The molecular formula is C28H27FN2O. The quantitative estimate of drug-likeness (QED) is 0.404. The maximum atomic E-state index is 14.0. The van der Waals surface area contributed by atoms with Crippen molar-refractivity contribution >= 4 is 21.7 Å². The zero-order valence-corrected chi connectivity index (χ0v) is 18.1. The number of halogens is 1. The summed E-state index contributed by atoms with van der Waals surface area (Å²) >= 11 is 0. The molecule has 32 heavy (non-hydrogen) atoms. The Balaban J connectivity index is 1.09. The summed E-state index contributed by atoms with van der Waals surface area (Å²) in [4.78, 5) is 6.15. The van der Waals surface area contributed by atoms with E-state index in [4.69, 9.17) is 4.74 Å². The van der Waals surface area contributed by atoms with Gasteiger partial charge in [-0.15, -0.1) is 0 Å². The number of nitrogens with one attached hydrogen (secondary N) is 1. The number of hydrogen-bond donors (Lipinski definition) is 1.